The molecule has 1 N–H and O–H groups in total. The molecule has 0 spiro atoms. The number of ether oxygens (including phenoxy) is 1. The van der Waals surface area contributed by atoms with Crippen LogP contribution in [0.25, 0.3) is 0 Å². The van der Waals surface area contributed by atoms with Crippen molar-refractivity contribution in [2.24, 2.45) is 0 Å². The molecule has 1 unspecified atom stereocenters. The first-order valence-corrected chi connectivity index (χ1v) is 6.51. The van der Waals surface area contributed by atoms with Gasteiger partial charge in [0.25, 0.3) is 0 Å². The SMILES string of the molecule is COc1ccc(NC(C#N)c2ccc(C)c(C)c2)cc1. The van der Waals surface area contributed by atoms with Crippen LogP contribution in [0.15, 0.2) is 42.5 Å². The molecule has 0 bridgehead atoms. The van der Waals surface area contributed by atoms with Crippen LogP contribution >= 0.6 is 0 Å². The third-order valence-electron chi connectivity index (χ3n) is 3.39. The summed E-state index contributed by atoms with van der Waals surface area (Å²) in [6.45, 7) is 4.12. The summed E-state index contributed by atoms with van der Waals surface area (Å²) in [5.74, 6) is 0.801. The lowest BCUT2D eigenvalue weighted by Gasteiger charge is -2.15. The monoisotopic (exact) mass is 266 g/mol. The van der Waals surface area contributed by atoms with Gasteiger partial charge in [0.2, 0.25) is 0 Å². The zero-order valence-corrected chi connectivity index (χ0v) is 12.0. The average Bonchev–Trinajstić information content (AvgIpc) is 2.48. The zero-order valence-electron chi connectivity index (χ0n) is 12.0. The van der Waals surface area contributed by atoms with Gasteiger partial charge in [0.05, 0.1) is 13.2 Å². The Morgan fingerprint density at radius 1 is 1.05 bits per heavy atom. The first-order chi connectivity index (χ1) is 9.63. The van der Waals surface area contributed by atoms with Gasteiger partial charge < -0.3 is 10.1 Å². The number of rotatable bonds is 4. The number of anilines is 1. The van der Waals surface area contributed by atoms with E-state index >= 15 is 0 Å². The molecule has 3 heteroatoms. The fourth-order valence-electron chi connectivity index (χ4n) is 1.99. The summed E-state index contributed by atoms with van der Waals surface area (Å²) in [4.78, 5) is 0. The molecule has 0 saturated carbocycles. The largest absolute Gasteiger partial charge is 0.497 e. The molecule has 0 fully saturated rings. The van der Waals surface area contributed by atoms with Crippen molar-refractivity contribution < 1.29 is 4.74 Å². The van der Waals surface area contributed by atoms with Crippen LogP contribution in [0.5, 0.6) is 5.75 Å². The summed E-state index contributed by atoms with van der Waals surface area (Å²) in [6, 6.07) is 15.6. The van der Waals surface area contributed by atoms with E-state index in [0.717, 1.165) is 17.0 Å². The van der Waals surface area contributed by atoms with Crippen LogP contribution < -0.4 is 10.1 Å². The predicted octanol–water partition coefficient (Wildman–Crippen LogP) is 3.99. The lowest BCUT2D eigenvalue weighted by atomic mass is 10.0. The fourth-order valence-corrected chi connectivity index (χ4v) is 1.99. The number of hydrogen-bond acceptors (Lipinski definition) is 3. The maximum Gasteiger partial charge on any atom is 0.140 e. The van der Waals surface area contributed by atoms with Crippen molar-refractivity contribution in [1.29, 1.82) is 5.26 Å². The Balaban J connectivity index is 2.19. The molecule has 2 aromatic carbocycles. The van der Waals surface area contributed by atoms with Crippen molar-refractivity contribution in [3.63, 3.8) is 0 Å². The van der Waals surface area contributed by atoms with E-state index in [-0.39, 0.29) is 6.04 Å². The molecule has 0 saturated heterocycles. The van der Waals surface area contributed by atoms with E-state index in [1.165, 1.54) is 11.1 Å². The first-order valence-electron chi connectivity index (χ1n) is 6.51. The third-order valence-corrected chi connectivity index (χ3v) is 3.39. The maximum absolute atomic E-state index is 9.36. The van der Waals surface area contributed by atoms with E-state index in [1.54, 1.807) is 7.11 Å². The number of benzene rings is 2. The minimum Gasteiger partial charge on any atom is -0.497 e. The second-order valence-electron chi connectivity index (χ2n) is 4.78. The molecule has 1 atom stereocenters. The number of hydrogen-bond donors (Lipinski definition) is 1. The number of nitrogens with zero attached hydrogens (tertiary/aromatic N) is 1. The van der Waals surface area contributed by atoms with Crippen LogP contribution in [-0.4, -0.2) is 7.11 Å². The summed E-state index contributed by atoms with van der Waals surface area (Å²) in [5.41, 5.74) is 4.30. The topological polar surface area (TPSA) is 45.0 Å². The molecule has 0 heterocycles. The summed E-state index contributed by atoms with van der Waals surface area (Å²) in [6.07, 6.45) is 0. The molecule has 0 radical (unpaired) electrons. The van der Waals surface area contributed by atoms with Gasteiger partial charge in [0, 0.05) is 5.69 Å². The Morgan fingerprint density at radius 3 is 2.30 bits per heavy atom. The van der Waals surface area contributed by atoms with Crippen molar-refractivity contribution in [2.75, 3.05) is 12.4 Å². The highest BCUT2D eigenvalue weighted by atomic mass is 16.5. The van der Waals surface area contributed by atoms with Crippen LogP contribution in [0.1, 0.15) is 22.7 Å². The average molecular weight is 266 g/mol. The van der Waals surface area contributed by atoms with Crippen LogP contribution in [0, 0.1) is 25.2 Å². The van der Waals surface area contributed by atoms with Crippen LogP contribution in [0.3, 0.4) is 0 Å². The molecule has 3 nitrogen and oxygen atoms in total. The van der Waals surface area contributed by atoms with E-state index in [2.05, 4.69) is 31.3 Å². The molecule has 0 aromatic heterocycles. The van der Waals surface area contributed by atoms with Gasteiger partial charge in [-0.15, -0.1) is 0 Å². The Labute approximate surface area is 119 Å². The van der Waals surface area contributed by atoms with Crippen LogP contribution in [0.2, 0.25) is 0 Å². The Kier molecular flexibility index (Phi) is 4.27. The normalized spacial score (nSPS) is 11.5. The second-order valence-corrected chi connectivity index (χ2v) is 4.78. The number of nitrogens with one attached hydrogen (secondary N) is 1. The predicted molar refractivity (Wildman–Crippen MR) is 80.9 cm³/mol. The minimum absolute atomic E-state index is 0.359. The molecule has 0 aliphatic rings. The summed E-state index contributed by atoms with van der Waals surface area (Å²) < 4.78 is 5.12. The Morgan fingerprint density at radius 2 is 1.75 bits per heavy atom. The molecular weight excluding hydrogens is 248 g/mol. The highest BCUT2D eigenvalue weighted by Gasteiger charge is 2.11. The molecule has 0 aliphatic heterocycles. The van der Waals surface area contributed by atoms with Crippen molar-refractivity contribution >= 4 is 5.69 Å². The quantitative estimate of drug-likeness (QED) is 0.910. The third kappa shape index (κ3) is 3.10. The summed E-state index contributed by atoms with van der Waals surface area (Å²) >= 11 is 0. The van der Waals surface area contributed by atoms with E-state index < -0.39 is 0 Å². The molecule has 2 aromatic rings. The van der Waals surface area contributed by atoms with Crippen molar-refractivity contribution in [3.8, 4) is 11.8 Å². The lowest BCUT2D eigenvalue weighted by Crippen LogP contribution is -2.08. The van der Waals surface area contributed by atoms with Crippen LogP contribution in [-0.2, 0) is 0 Å². The van der Waals surface area contributed by atoms with Gasteiger partial charge in [-0.25, -0.2) is 0 Å². The Hall–Kier alpha value is -2.47. The highest BCUT2D eigenvalue weighted by molar-refractivity contribution is 5.50. The highest BCUT2D eigenvalue weighted by Crippen LogP contribution is 2.23. The van der Waals surface area contributed by atoms with E-state index in [4.69, 9.17) is 4.74 Å². The Bertz CT molecular complexity index is 626. The summed E-state index contributed by atoms with van der Waals surface area (Å²) in [5, 5.41) is 12.6. The van der Waals surface area contributed by atoms with E-state index in [1.807, 2.05) is 36.4 Å². The number of methoxy groups -OCH3 is 1. The van der Waals surface area contributed by atoms with Crippen molar-refractivity contribution in [2.45, 2.75) is 19.9 Å². The van der Waals surface area contributed by atoms with Gasteiger partial charge in [-0.2, -0.15) is 5.26 Å². The van der Waals surface area contributed by atoms with Gasteiger partial charge in [-0.3, -0.25) is 0 Å². The fraction of sp³-hybridized carbons (Fsp3) is 0.235. The molecule has 2 rings (SSSR count). The maximum atomic E-state index is 9.36. The molecule has 20 heavy (non-hydrogen) atoms. The van der Waals surface area contributed by atoms with Crippen LogP contribution in [0.4, 0.5) is 5.69 Å². The second kappa shape index (κ2) is 6.12. The first kappa shape index (κ1) is 14.0. The smallest absolute Gasteiger partial charge is 0.140 e. The minimum atomic E-state index is -0.359. The van der Waals surface area contributed by atoms with Crippen molar-refractivity contribution in [3.05, 3.63) is 59.2 Å². The summed E-state index contributed by atoms with van der Waals surface area (Å²) in [7, 11) is 1.63. The van der Waals surface area contributed by atoms with Gasteiger partial charge in [0.1, 0.15) is 11.8 Å². The van der Waals surface area contributed by atoms with E-state index in [9.17, 15) is 5.26 Å². The molecule has 102 valence electrons. The van der Waals surface area contributed by atoms with Crippen molar-refractivity contribution in [1.82, 2.24) is 0 Å². The van der Waals surface area contributed by atoms with Gasteiger partial charge >= 0.3 is 0 Å². The lowest BCUT2D eigenvalue weighted by molar-refractivity contribution is 0.415. The molecule has 0 aliphatic carbocycles. The number of nitriles is 1. The zero-order chi connectivity index (χ0) is 14.5. The van der Waals surface area contributed by atoms with Gasteiger partial charge in [-0.05, 0) is 54.8 Å². The number of aryl methyl sites for hydroxylation is 2. The molecular formula is C17H18N2O. The van der Waals surface area contributed by atoms with Gasteiger partial charge in [-0.1, -0.05) is 18.2 Å². The van der Waals surface area contributed by atoms with E-state index in [0.29, 0.717) is 0 Å². The molecule has 0 amide bonds. The van der Waals surface area contributed by atoms with Gasteiger partial charge in [0.15, 0.2) is 0 Å². The standard InChI is InChI=1S/C17H18N2O/c1-12-4-5-14(10-13(12)2)17(11-18)19-15-6-8-16(20-3)9-7-15/h4-10,17,19H,1-3H3.